The van der Waals surface area contributed by atoms with Crippen molar-refractivity contribution >= 4 is 39.3 Å². The van der Waals surface area contributed by atoms with Crippen molar-refractivity contribution in [3.63, 3.8) is 0 Å². The van der Waals surface area contributed by atoms with Crippen LogP contribution in [0.2, 0.25) is 0 Å². The lowest BCUT2D eigenvalue weighted by molar-refractivity contribution is -0.118. The van der Waals surface area contributed by atoms with Crippen molar-refractivity contribution in [2.45, 2.75) is 26.2 Å². The molecule has 138 valence electrons. The zero-order chi connectivity index (χ0) is 19.1. The third-order valence-corrected chi connectivity index (χ3v) is 5.63. The Kier molecular flexibility index (Phi) is 4.60. The zero-order valence-corrected chi connectivity index (χ0v) is 16.6. The van der Waals surface area contributed by atoms with E-state index in [-0.39, 0.29) is 30.7 Å². The maximum atomic E-state index is 12.8. The van der Waals surface area contributed by atoms with Crippen molar-refractivity contribution in [1.82, 2.24) is 4.90 Å². The number of benzene rings is 2. The first-order valence-corrected chi connectivity index (χ1v) is 9.80. The first kappa shape index (κ1) is 17.9. The van der Waals surface area contributed by atoms with Gasteiger partial charge in [0.15, 0.2) is 0 Å². The predicted molar refractivity (Wildman–Crippen MR) is 106 cm³/mol. The highest BCUT2D eigenvalue weighted by atomic mass is 79.9. The van der Waals surface area contributed by atoms with Crippen LogP contribution in [0.15, 0.2) is 40.9 Å². The van der Waals surface area contributed by atoms with Gasteiger partial charge in [-0.3, -0.25) is 19.3 Å². The third-order valence-electron chi connectivity index (χ3n) is 5.14. The molecule has 5 nitrogen and oxygen atoms in total. The van der Waals surface area contributed by atoms with Crippen LogP contribution in [0.5, 0.6) is 0 Å². The Morgan fingerprint density at radius 3 is 2.67 bits per heavy atom. The summed E-state index contributed by atoms with van der Waals surface area (Å²) in [6, 6.07) is 11.2. The summed E-state index contributed by atoms with van der Waals surface area (Å²) in [5.74, 6) is -0.689. The van der Waals surface area contributed by atoms with Gasteiger partial charge in [0.05, 0.1) is 11.1 Å². The lowest BCUT2D eigenvalue weighted by Crippen LogP contribution is -2.39. The minimum Gasteiger partial charge on any atom is -0.312 e. The van der Waals surface area contributed by atoms with Crippen LogP contribution in [0.3, 0.4) is 0 Å². The molecule has 2 aliphatic heterocycles. The molecular weight excluding hydrogens is 408 g/mol. The van der Waals surface area contributed by atoms with Crippen molar-refractivity contribution in [3.05, 3.63) is 63.1 Å². The van der Waals surface area contributed by atoms with E-state index in [1.807, 2.05) is 31.2 Å². The number of amides is 3. The number of imide groups is 1. The van der Waals surface area contributed by atoms with Crippen LogP contribution >= 0.6 is 15.9 Å². The molecule has 2 aliphatic rings. The van der Waals surface area contributed by atoms with Gasteiger partial charge >= 0.3 is 0 Å². The lowest BCUT2D eigenvalue weighted by Gasteiger charge is -2.30. The fourth-order valence-corrected chi connectivity index (χ4v) is 4.18. The van der Waals surface area contributed by atoms with Crippen molar-refractivity contribution in [3.8, 4) is 0 Å². The van der Waals surface area contributed by atoms with Crippen molar-refractivity contribution in [2.75, 3.05) is 18.0 Å². The Labute approximate surface area is 166 Å². The number of hydrogen-bond acceptors (Lipinski definition) is 3. The van der Waals surface area contributed by atoms with Crippen LogP contribution < -0.4 is 4.90 Å². The first-order chi connectivity index (χ1) is 13.0. The van der Waals surface area contributed by atoms with Gasteiger partial charge < -0.3 is 4.90 Å². The topological polar surface area (TPSA) is 57.7 Å². The molecule has 0 spiro atoms. The Balaban J connectivity index is 1.48. The second-order valence-electron chi connectivity index (χ2n) is 6.98. The number of hydrogen-bond donors (Lipinski definition) is 0. The molecular formula is C21H19BrN2O3. The van der Waals surface area contributed by atoms with Crippen molar-refractivity contribution in [2.24, 2.45) is 0 Å². The summed E-state index contributed by atoms with van der Waals surface area (Å²) >= 11 is 3.47. The fraction of sp³-hybridized carbons (Fsp3) is 0.286. The molecule has 0 N–H and O–H groups in total. The van der Waals surface area contributed by atoms with E-state index in [1.54, 1.807) is 17.0 Å². The number of anilines is 1. The van der Waals surface area contributed by atoms with Crippen LogP contribution in [0.4, 0.5) is 5.69 Å². The highest BCUT2D eigenvalue weighted by Gasteiger charge is 2.36. The number of carbonyl (C=O) groups excluding carboxylic acids is 3. The van der Waals surface area contributed by atoms with Crippen LogP contribution in [0.25, 0.3) is 0 Å². The summed E-state index contributed by atoms with van der Waals surface area (Å²) in [4.78, 5) is 40.8. The zero-order valence-electron chi connectivity index (χ0n) is 15.0. The first-order valence-electron chi connectivity index (χ1n) is 9.01. The summed E-state index contributed by atoms with van der Waals surface area (Å²) < 4.78 is 0.997. The molecule has 0 saturated heterocycles. The van der Waals surface area contributed by atoms with Gasteiger partial charge in [0.25, 0.3) is 11.8 Å². The van der Waals surface area contributed by atoms with E-state index in [1.165, 1.54) is 4.90 Å². The SMILES string of the molecule is Cc1ccc2c(c1)C(=O)N(CCC(=O)N1CCCc3cc(Br)ccc31)C2=O. The summed E-state index contributed by atoms with van der Waals surface area (Å²) in [6.45, 7) is 2.65. The van der Waals surface area contributed by atoms with E-state index in [0.29, 0.717) is 17.7 Å². The second-order valence-corrected chi connectivity index (χ2v) is 7.90. The van der Waals surface area contributed by atoms with Gasteiger partial charge in [-0.2, -0.15) is 0 Å². The normalized spacial score (nSPS) is 15.8. The highest BCUT2D eigenvalue weighted by Crippen LogP contribution is 2.30. The summed E-state index contributed by atoms with van der Waals surface area (Å²) in [7, 11) is 0. The maximum Gasteiger partial charge on any atom is 0.261 e. The van der Waals surface area contributed by atoms with Crippen LogP contribution in [-0.4, -0.2) is 35.7 Å². The van der Waals surface area contributed by atoms with Crippen LogP contribution in [0, 0.1) is 6.92 Å². The Morgan fingerprint density at radius 2 is 1.85 bits per heavy atom. The van der Waals surface area contributed by atoms with Crippen molar-refractivity contribution in [1.29, 1.82) is 0 Å². The largest absolute Gasteiger partial charge is 0.312 e. The average molecular weight is 427 g/mol. The quantitative estimate of drug-likeness (QED) is 0.702. The number of carbonyl (C=O) groups is 3. The predicted octanol–water partition coefficient (Wildman–Crippen LogP) is 3.72. The van der Waals surface area contributed by atoms with Gasteiger partial charge in [-0.25, -0.2) is 0 Å². The molecule has 2 aromatic carbocycles. The molecule has 0 atom stereocenters. The second kappa shape index (κ2) is 6.93. The third kappa shape index (κ3) is 3.18. The smallest absolute Gasteiger partial charge is 0.261 e. The molecule has 27 heavy (non-hydrogen) atoms. The summed E-state index contributed by atoms with van der Waals surface area (Å²) in [5, 5.41) is 0. The van der Waals surface area contributed by atoms with Crippen molar-refractivity contribution < 1.29 is 14.4 Å². The molecule has 0 aromatic heterocycles. The van der Waals surface area contributed by atoms with E-state index in [0.717, 1.165) is 34.1 Å². The number of rotatable bonds is 3. The molecule has 0 bridgehead atoms. The maximum absolute atomic E-state index is 12.8. The minimum atomic E-state index is -0.314. The molecule has 0 fully saturated rings. The van der Waals surface area contributed by atoms with Crippen LogP contribution in [0.1, 0.15) is 44.7 Å². The van der Waals surface area contributed by atoms with Gasteiger partial charge in [0, 0.05) is 29.7 Å². The van der Waals surface area contributed by atoms with Gasteiger partial charge in [-0.15, -0.1) is 0 Å². The molecule has 0 aliphatic carbocycles. The standard InChI is InChI=1S/C21H19BrN2O3/c1-13-4-6-16-17(11-13)21(27)24(20(16)26)10-8-19(25)23-9-2-3-14-12-15(22)5-7-18(14)23/h4-7,11-12H,2-3,8-10H2,1H3. The van der Waals surface area contributed by atoms with Gasteiger partial charge in [0.1, 0.15) is 0 Å². The molecule has 0 radical (unpaired) electrons. The number of fused-ring (bicyclic) bond motifs is 2. The van der Waals surface area contributed by atoms with Crippen LogP contribution in [-0.2, 0) is 11.2 Å². The van der Waals surface area contributed by atoms with E-state index in [2.05, 4.69) is 15.9 Å². The number of aryl methyl sites for hydroxylation is 2. The van der Waals surface area contributed by atoms with E-state index in [9.17, 15) is 14.4 Å². The molecule has 3 amide bonds. The Morgan fingerprint density at radius 1 is 1.07 bits per heavy atom. The van der Waals surface area contributed by atoms with Gasteiger partial charge in [-0.05, 0) is 55.7 Å². The Hall–Kier alpha value is -2.47. The number of halogens is 1. The molecule has 6 heteroatoms. The Bertz CT molecular complexity index is 970. The van der Waals surface area contributed by atoms with Gasteiger partial charge in [0.2, 0.25) is 5.91 Å². The minimum absolute atomic E-state index is 0.0639. The summed E-state index contributed by atoms with van der Waals surface area (Å²) in [5.41, 5.74) is 3.85. The molecule has 4 rings (SSSR count). The highest BCUT2D eigenvalue weighted by molar-refractivity contribution is 9.10. The van der Waals surface area contributed by atoms with E-state index < -0.39 is 0 Å². The molecule has 0 saturated carbocycles. The molecule has 2 heterocycles. The fourth-order valence-electron chi connectivity index (χ4n) is 3.77. The monoisotopic (exact) mass is 426 g/mol. The molecule has 2 aromatic rings. The average Bonchev–Trinajstić information content (AvgIpc) is 2.89. The van der Waals surface area contributed by atoms with Gasteiger partial charge in [-0.1, -0.05) is 27.6 Å². The number of nitrogens with zero attached hydrogens (tertiary/aromatic N) is 2. The van der Waals surface area contributed by atoms with E-state index >= 15 is 0 Å². The molecule has 0 unspecified atom stereocenters. The lowest BCUT2D eigenvalue weighted by atomic mass is 10.0. The summed E-state index contributed by atoms with van der Waals surface area (Å²) in [6.07, 6.45) is 1.97. The van der Waals surface area contributed by atoms with E-state index in [4.69, 9.17) is 0 Å².